The van der Waals surface area contributed by atoms with Crippen molar-refractivity contribution in [3.63, 3.8) is 0 Å². The molecule has 0 bridgehead atoms. The van der Waals surface area contributed by atoms with E-state index in [1.807, 2.05) is 30.3 Å². The number of aromatic nitrogens is 1. The Morgan fingerprint density at radius 2 is 2.13 bits per heavy atom. The molecule has 0 saturated carbocycles. The molecule has 1 amide bonds. The number of pyridine rings is 1. The van der Waals surface area contributed by atoms with Crippen LogP contribution in [0, 0.1) is 6.92 Å². The van der Waals surface area contributed by atoms with Crippen molar-refractivity contribution in [2.45, 2.75) is 13.0 Å². The van der Waals surface area contributed by atoms with E-state index in [1.54, 1.807) is 6.92 Å². The molecule has 0 fully saturated rings. The molecule has 3 aromatic rings. The number of nitrogens with one attached hydrogen (secondary N) is 2. The Bertz CT molecular complexity index is 880. The van der Waals surface area contributed by atoms with Gasteiger partial charge in [-0.3, -0.25) is 9.59 Å². The van der Waals surface area contributed by atoms with Crippen molar-refractivity contribution in [3.05, 3.63) is 69.0 Å². The molecular formula is C17H16N2O3S. The van der Waals surface area contributed by atoms with Crippen molar-refractivity contribution in [1.82, 2.24) is 10.3 Å². The van der Waals surface area contributed by atoms with Gasteiger partial charge in [0.15, 0.2) is 0 Å². The van der Waals surface area contributed by atoms with Gasteiger partial charge in [-0.25, -0.2) is 0 Å². The smallest absolute Gasteiger partial charge is 0.253 e. The molecule has 0 radical (unpaired) electrons. The first-order valence-electron chi connectivity index (χ1n) is 7.18. The normalized spacial score (nSPS) is 12.3. The molecule has 118 valence electrons. The van der Waals surface area contributed by atoms with Crippen LogP contribution in [0.1, 0.15) is 26.9 Å². The minimum absolute atomic E-state index is 0.115. The lowest BCUT2D eigenvalue weighted by Gasteiger charge is -2.11. The van der Waals surface area contributed by atoms with E-state index < -0.39 is 6.10 Å². The maximum atomic E-state index is 12.1. The number of aromatic amines is 1. The topological polar surface area (TPSA) is 82.2 Å². The van der Waals surface area contributed by atoms with E-state index in [0.29, 0.717) is 11.1 Å². The lowest BCUT2D eigenvalue weighted by atomic mass is 10.1. The summed E-state index contributed by atoms with van der Waals surface area (Å²) in [5, 5.41) is 14.0. The third-order valence-electron chi connectivity index (χ3n) is 3.60. The molecule has 3 rings (SSSR count). The first kappa shape index (κ1) is 15.5. The number of amides is 1. The van der Waals surface area contributed by atoms with Crippen molar-refractivity contribution < 1.29 is 9.90 Å². The van der Waals surface area contributed by atoms with Crippen LogP contribution in [0.5, 0.6) is 0 Å². The molecule has 6 heteroatoms. The van der Waals surface area contributed by atoms with Crippen LogP contribution in [0.3, 0.4) is 0 Å². The molecule has 1 aromatic carbocycles. The summed E-state index contributed by atoms with van der Waals surface area (Å²) in [7, 11) is 0. The molecule has 2 heterocycles. The molecule has 5 nitrogen and oxygen atoms in total. The predicted molar refractivity (Wildman–Crippen MR) is 90.9 cm³/mol. The van der Waals surface area contributed by atoms with Crippen molar-refractivity contribution in [1.29, 1.82) is 0 Å². The van der Waals surface area contributed by atoms with Gasteiger partial charge in [-0.1, -0.05) is 18.2 Å². The van der Waals surface area contributed by atoms with E-state index in [1.165, 1.54) is 23.6 Å². The van der Waals surface area contributed by atoms with Crippen LogP contribution in [-0.4, -0.2) is 22.5 Å². The number of H-pyrrole nitrogens is 1. The van der Waals surface area contributed by atoms with Gasteiger partial charge in [-0.15, -0.1) is 11.3 Å². The Labute approximate surface area is 136 Å². The maximum absolute atomic E-state index is 12.1. The summed E-state index contributed by atoms with van der Waals surface area (Å²) in [4.78, 5) is 26.6. The van der Waals surface area contributed by atoms with Gasteiger partial charge in [-0.2, -0.15) is 0 Å². The second kappa shape index (κ2) is 6.36. The van der Waals surface area contributed by atoms with Gasteiger partial charge in [0.1, 0.15) is 6.10 Å². The number of carbonyl (C=O) groups is 1. The number of hydrogen-bond acceptors (Lipinski definition) is 4. The van der Waals surface area contributed by atoms with Crippen molar-refractivity contribution in [2.75, 3.05) is 6.54 Å². The summed E-state index contributed by atoms with van der Waals surface area (Å²) >= 11 is 1.51. The summed E-state index contributed by atoms with van der Waals surface area (Å²) in [6.45, 7) is 1.82. The van der Waals surface area contributed by atoms with Gasteiger partial charge in [0.05, 0.1) is 5.56 Å². The minimum Gasteiger partial charge on any atom is -0.386 e. The Morgan fingerprint density at radius 3 is 2.87 bits per heavy atom. The highest BCUT2D eigenvalue weighted by Gasteiger charge is 2.15. The fraction of sp³-hybridized carbons (Fsp3) is 0.176. The predicted octanol–water partition coefficient (Wildman–Crippen LogP) is 2.36. The van der Waals surface area contributed by atoms with Crippen LogP contribution in [0.2, 0.25) is 0 Å². The van der Waals surface area contributed by atoms with Crippen molar-refractivity contribution in [3.8, 4) is 0 Å². The summed E-state index contributed by atoms with van der Waals surface area (Å²) < 4.78 is 1.10. The van der Waals surface area contributed by atoms with E-state index in [9.17, 15) is 14.7 Å². The quantitative estimate of drug-likeness (QED) is 0.687. The molecule has 0 saturated heterocycles. The van der Waals surface area contributed by atoms with Crippen molar-refractivity contribution >= 4 is 27.3 Å². The number of carbonyl (C=O) groups excluding carboxylic acids is 1. The number of hydrogen-bond donors (Lipinski definition) is 3. The average Bonchev–Trinajstić information content (AvgIpc) is 2.96. The van der Waals surface area contributed by atoms with E-state index in [0.717, 1.165) is 15.0 Å². The SMILES string of the molecule is Cc1cc(=O)[nH]cc1C(=O)NCC(O)c1cc2ccccc2s1. The lowest BCUT2D eigenvalue weighted by Crippen LogP contribution is -2.29. The summed E-state index contributed by atoms with van der Waals surface area (Å²) in [6.07, 6.45) is 0.623. The summed E-state index contributed by atoms with van der Waals surface area (Å²) in [5.74, 6) is -0.320. The number of thiophene rings is 1. The number of aliphatic hydroxyl groups is 1. The third-order valence-corrected chi connectivity index (χ3v) is 4.82. The Balaban J connectivity index is 1.69. The zero-order valence-electron chi connectivity index (χ0n) is 12.5. The summed E-state index contributed by atoms with van der Waals surface area (Å²) in [6, 6.07) is 11.2. The van der Waals surface area contributed by atoms with Gasteiger partial charge < -0.3 is 15.4 Å². The maximum Gasteiger partial charge on any atom is 0.253 e. The van der Waals surface area contributed by atoms with Gasteiger partial charge >= 0.3 is 0 Å². The van der Waals surface area contributed by atoms with E-state index in [2.05, 4.69) is 10.3 Å². The lowest BCUT2D eigenvalue weighted by molar-refractivity contribution is 0.0917. The molecule has 0 aliphatic rings. The molecule has 2 aromatic heterocycles. The first-order chi connectivity index (χ1) is 11.0. The molecular weight excluding hydrogens is 312 g/mol. The minimum atomic E-state index is -0.764. The zero-order chi connectivity index (χ0) is 16.4. The van der Waals surface area contributed by atoms with Crippen LogP contribution in [0.25, 0.3) is 10.1 Å². The number of aryl methyl sites for hydroxylation is 1. The molecule has 3 N–H and O–H groups in total. The highest BCUT2D eigenvalue weighted by Crippen LogP contribution is 2.29. The fourth-order valence-electron chi connectivity index (χ4n) is 2.37. The number of aliphatic hydroxyl groups excluding tert-OH is 1. The fourth-order valence-corrected chi connectivity index (χ4v) is 3.42. The van der Waals surface area contributed by atoms with Crippen LogP contribution >= 0.6 is 11.3 Å². The third kappa shape index (κ3) is 3.33. The number of rotatable bonds is 4. The van der Waals surface area contributed by atoms with E-state index in [-0.39, 0.29) is 18.0 Å². The monoisotopic (exact) mass is 328 g/mol. The number of benzene rings is 1. The Morgan fingerprint density at radius 1 is 1.35 bits per heavy atom. The van der Waals surface area contributed by atoms with Gasteiger partial charge in [0.2, 0.25) is 5.56 Å². The van der Waals surface area contributed by atoms with Crippen LogP contribution < -0.4 is 10.9 Å². The Kier molecular flexibility index (Phi) is 4.27. The first-order valence-corrected chi connectivity index (χ1v) is 8.00. The molecule has 0 spiro atoms. The highest BCUT2D eigenvalue weighted by atomic mass is 32.1. The largest absolute Gasteiger partial charge is 0.386 e. The van der Waals surface area contributed by atoms with Crippen LogP contribution in [0.15, 0.2) is 47.4 Å². The zero-order valence-corrected chi connectivity index (χ0v) is 13.3. The summed E-state index contributed by atoms with van der Waals surface area (Å²) in [5.41, 5.74) is 0.750. The van der Waals surface area contributed by atoms with E-state index in [4.69, 9.17) is 0 Å². The van der Waals surface area contributed by atoms with Crippen LogP contribution in [-0.2, 0) is 0 Å². The highest BCUT2D eigenvalue weighted by molar-refractivity contribution is 7.19. The molecule has 1 unspecified atom stereocenters. The molecule has 23 heavy (non-hydrogen) atoms. The number of fused-ring (bicyclic) bond motifs is 1. The van der Waals surface area contributed by atoms with Crippen LogP contribution in [0.4, 0.5) is 0 Å². The van der Waals surface area contributed by atoms with Crippen molar-refractivity contribution in [2.24, 2.45) is 0 Å². The van der Waals surface area contributed by atoms with Gasteiger partial charge in [0, 0.05) is 28.4 Å². The van der Waals surface area contributed by atoms with Gasteiger partial charge in [0.25, 0.3) is 5.91 Å². The molecule has 1 atom stereocenters. The average molecular weight is 328 g/mol. The standard InChI is InChI=1S/C17H16N2O3S/c1-10-6-16(21)18-8-12(10)17(22)19-9-13(20)15-7-11-4-2-3-5-14(11)23-15/h2-8,13,20H,9H2,1H3,(H,18,21)(H,19,22). The van der Waals surface area contributed by atoms with E-state index >= 15 is 0 Å². The van der Waals surface area contributed by atoms with Gasteiger partial charge in [-0.05, 0) is 30.0 Å². The second-order valence-electron chi connectivity index (χ2n) is 5.31. The molecule has 0 aliphatic carbocycles. The Hall–Kier alpha value is -2.44. The second-order valence-corrected chi connectivity index (χ2v) is 6.42. The molecule has 0 aliphatic heterocycles.